The number of carbonyl (C=O) groups is 1. The lowest BCUT2D eigenvalue weighted by Gasteiger charge is -2.30. The van der Waals surface area contributed by atoms with E-state index in [4.69, 9.17) is 0 Å². The quantitative estimate of drug-likeness (QED) is 0.721. The Morgan fingerprint density at radius 1 is 1.32 bits per heavy atom. The predicted octanol–water partition coefficient (Wildman–Crippen LogP) is 3.99. The first-order chi connectivity index (χ1) is 9.04. The maximum absolute atomic E-state index is 13.7. The number of carbonyl (C=O) groups excluding carboxylic acids is 1. The molecule has 0 aliphatic heterocycles. The van der Waals surface area contributed by atoms with Crippen molar-refractivity contribution in [3.8, 4) is 0 Å². The molecule has 0 heterocycles. The fraction of sp³-hybridized carbons (Fsp3) is 0.500. The van der Waals surface area contributed by atoms with Gasteiger partial charge in [0, 0.05) is 24.0 Å². The second kappa shape index (κ2) is 7.58. The van der Waals surface area contributed by atoms with Crippen LogP contribution in [0.3, 0.4) is 0 Å². The smallest absolute Gasteiger partial charge is 0.257 e. The zero-order valence-electron chi connectivity index (χ0n) is 11.1. The molecule has 0 aliphatic rings. The number of nitrogens with zero attached hydrogens (tertiary/aromatic N) is 1. The molecular weight excluding hydrogens is 316 g/mol. The highest BCUT2D eigenvalue weighted by molar-refractivity contribution is 9.09. The molecule has 0 aromatic heterocycles. The zero-order chi connectivity index (χ0) is 14.4. The van der Waals surface area contributed by atoms with Gasteiger partial charge in [-0.1, -0.05) is 29.8 Å². The third kappa shape index (κ3) is 4.00. The summed E-state index contributed by atoms with van der Waals surface area (Å²) in [5, 5.41) is 0.623. The minimum absolute atomic E-state index is 0.0644. The molecule has 5 heteroatoms. The molecule has 1 amide bonds. The summed E-state index contributed by atoms with van der Waals surface area (Å²) in [5.41, 5.74) is -0.0748. The van der Waals surface area contributed by atoms with Gasteiger partial charge in [0.1, 0.15) is 11.6 Å². The van der Waals surface area contributed by atoms with Crippen LogP contribution in [0.5, 0.6) is 0 Å². The van der Waals surface area contributed by atoms with Crippen molar-refractivity contribution < 1.29 is 13.6 Å². The molecule has 106 valence electrons. The summed E-state index contributed by atoms with van der Waals surface area (Å²) in [6.07, 6.45) is 1.61. The number of halogens is 3. The lowest BCUT2D eigenvalue weighted by Crippen LogP contribution is -2.41. The van der Waals surface area contributed by atoms with Crippen molar-refractivity contribution in [1.29, 1.82) is 0 Å². The highest BCUT2D eigenvalue weighted by Gasteiger charge is 2.24. The molecule has 0 aliphatic carbocycles. The number of hydrogen-bond donors (Lipinski definition) is 0. The van der Waals surface area contributed by atoms with Gasteiger partial charge >= 0.3 is 0 Å². The number of alkyl halides is 1. The minimum Gasteiger partial charge on any atom is -0.335 e. The topological polar surface area (TPSA) is 20.3 Å². The SMILES string of the molecule is CCC(CC)N(CCBr)C(=O)c1ccc(F)cc1F. The summed E-state index contributed by atoms with van der Waals surface area (Å²) in [7, 11) is 0. The lowest BCUT2D eigenvalue weighted by atomic mass is 10.1. The third-order valence-electron chi connectivity index (χ3n) is 3.13. The number of amides is 1. The highest BCUT2D eigenvalue weighted by atomic mass is 79.9. The molecule has 0 fully saturated rings. The Bertz CT molecular complexity index is 435. The monoisotopic (exact) mass is 333 g/mol. The van der Waals surface area contributed by atoms with Crippen LogP contribution in [0.4, 0.5) is 8.78 Å². The van der Waals surface area contributed by atoms with Crippen LogP contribution in [-0.2, 0) is 0 Å². The Morgan fingerprint density at radius 2 is 1.95 bits per heavy atom. The fourth-order valence-corrected chi connectivity index (χ4v) is 2.47. The normalized spacial score (nSPS) is 10.8. The average molecular weight is 334 g/mol. The number of rotatable bonds is 6. The van der Waals surface area contributed by atoms with Gasteiger partial charge in [0.25, 0.3) is 5.91 Å². The molecule has 0 radical (unpaired) electrons. The first-order valence-corrected chi connectivity index (χ1v) is 7.49. The molecule has 0 atom stereocenters. The van der Waals surface area contributed by atoms with E-state index in [1.54, 1.807) is 4.90 Å². The standard InChI is InChI=1S/C14H18BrF2NO/c1-3-11(4-2)18(8-7-15)14(19)12-6-5-10(16)9-13(12)17/h5-6,9,11H,3-4,7-8H2,1-2H3. The van der Waals surface area contributed by atoms with E-state index in [1.807, 2.05) is 13.8 Å². The van der Waals surface area contributed by atoms with E-state index in [2.05, 4.69) is 15.9 Å². The first kappa shape index (κ1) is 16.1. The van der Waals surface area contributed by atoms with Gasteiger partial charge in [0.05, 0.1) is 5.56 Å². The molecule has 1 aromatic carbocycles. The van der Waals surface area contributed by atoms with Crippen molar-refractivity contribution in [3.63, 3.8) is 0 Å². The van der Waals surface area contributed by atoms with Gasteiger partial charge in [-0.05, 0) is 25.0 Å². The van der Waals surface area contributed by atoms with Crippen LogP contribution in [0.1, 0.15) is 37.0 Å². The van der Waals surface area contributed by atoms with Crippen LogP contribution < -0.4 is 0 Å². The van der Waals surface area contributed by atoms with E-state index < -0.39 is 11.6 Å². The van der Waals surface area contributed by atoms with Crippen molar-refractivity contribution in [2.45, 2.75) is 32.7 Å². The Hall–Kier alpha value is -0.970. The lowest BCUT2D eigenvalue weighted by molar-refractivity contribution is 0.0678. The second-order valence-corrected chi connectivity index (χ2v) is 5.08. The largest absolute Gasteiger partial charge is 0.335 e. The highest BCUT2D eigenvalue weighted by Crippen LogP contribution is 2.17. The van der Waals surface area contributed by atoms with E-state index in [0.717, 1.165) is 25.0 Å². The van der Waals surface area contributed by atoms with Gasteiger partial charge < -0.3 is 4.90 Å². The molecule has 0 N–H and O–H groups in total. The predicted molar refractivity (Wildman–Crippen MR) is 75.6 cm³/mol. The summed E-state index contributed by atoms with van der Waals surface area (Å²) in [4.78, 5) is 14.0. The molecule has 0 spiro atoms. The molecule has 1 aromatic rings. The van der Waals surface area contributed by atoms with E-state index in [-0.39, 0.29) is 17.5 Å². The summed E-state index contributed by atoms with van der Waals surface area (Å²) >= 11 is 3.30. The van der Waals surface area contributed by atoms with Gasteiger partial charge in [0.15, 0.2) is 0 Å². The fourth-order valence-electron chi connectivity index (χ4n) is 2.09. The van der Waals surface area contributed by atoms with E-state index >= 15 is 0 Å². The Balaban J connectivity index is 3.04. The van der Waals surface area contributed by atoms with E-state index in [9.17, 15) is 13.6 Å². The third-order valence-corrected chi connectivity index (χ3v) is 3.49. The van der Waals surface area contributed by atoms with Crippen molar-refractivity contribution in [2.75, 3.05) is 11.9 Å². The molecule has 0 unspecified atom stereocenters. The van der Waals surface area contributed by atoms with Crippen LogP contribution in [0.2, 0.25) is 0 Å². The average Bonchev–Trinajstić information content (AvgIpc) is 2.38. The maximum Gasteiger partial charge on any atom is 0.257 e. The summed E-state index contributed by atoms with van der Waals surface area (Å²) in [5.74, 6) is -1.87. The summed E-state index contributed by atoms with van der Waals surface area (Å²) in [6, 6.07) is 3.12. The van der Waals surface area contributed by atoms with Crippen molar-refractivity contribution in [2.24, 2.45) is 0 Å². The van der Waals surface area contributed by atoms with E-state index in [1.165, 1.54) is 6.07 Å². The van der Waals surface area contributed by atoms with Gasteiger partial charge in [-0.3, -0.25) is 4.79 Å². The van der Waals surface area contributed by atoms with Crippen LogP contribution in [0.25, 0.3) is 0 Å². The Morgan fingerprint density at radius 3 is 2.42 bits per heavy atom. The molecular formula is C14H18BrF2NO. The van der Waals surface area contributed by atoms with E-state index in [0.29, 0.717) is 11.9 Å². The molecule has 0 saturated carbocycles. The summed E-state index contributed by atoms with van der Waals surface area (Å²) in [6.45, 7) is 4.48. The zero-order valence-corrected chi connectivity index (χ0v) is 12.7. The van der Waals surface area contributed by atoms with Gasteiger partial charge in [-0.2, -0.15) is 0 Å². The number of benzene rings is 1. The van der Waals surface area contributed by atoms with Crippen LogP contribution in [-0.4, -0.2) is 28.7 Å². The molecule has 0 bridgehead atoms. The molecule has 0 saturated heterocycles. The van der Waals surface area contributed by atoms with Gasteiger partial charge in [0.2, 0.25) is 0 Å². The summed E-state index contributed by atoms with van der Waals surface area (Å²) < 4.78 is 26.6. The number of hydrogen-bond acceptors (Lipinski definition) is 1. The Kier molecular flexibility index (Phi) is 6.42. The second-order valence-electron chi connectivity index (χ2n) is 4.28. The molecule has 1 rings (SSSR count). The van der Waals surface area contributed by atoms with Crippen molar-refractivity contribution >= 4 is 21.8 Å². The maximum atomic E-state index is 13.7. The first-order valence-electron chi connectivity index (χ1n) is 6.37. The van der Waals surface area contributed by atoms with Crippen molar-refractivity contribution in [1.82, 2.24) is 4.90 Å². The van der Waals surface area contributed by atoms with Crippen molar-refractivity contribution in [3.05, 3.63) is 35.4 Å². The van der Waals surface area contributed by atoms with Gasteiger partial charge in [-0.15, -0.1) is 0 Å². The van der Waals surface area contributed by atoms with Crippen LogP contribution in [0, 0.1) is 11.6 Å². The van der Waals surface area contributed by atoms with Crippen LogP contribution >= 0.6 is 15.9 Å². The van der Waals surface area contributed by atoms with Crippen LogP contribution in [0.15, 0.2) is 18.2 Å². The Labute approximate surface area is 120 Å². The molecule has 19 heavy (non-hydrogen) atoms. The van der Waals surface area contributed by atoms with Gasteiger partial charge in [-0.25, -0.2) is 8.78 Å². The minimum atomic E-state index is -0.810. The molecule has 2 nitrogen and oxygen atoms in total.